The van der Waals surface area contributed by atoms with Gasteiger partial charge in [0, 0.05) is 5.41 Å². The highest BCUT2D eigenvalue weighted by molar-refractivity contribution is 6.09. The van der Waals surface area contributed by atoms with Crippen molar-refractivity contribution in [1.82, 2.24) is 4.90 Å². The molecule has 210 valence electrons. The molecule has 0 heterocycles. The van der Waals surface area contributed by atoms with Crippen LogP contribution in [0.25, 0.3) is 0 Å². The standard InChI is InChI=1S/C29H42N2O7/c1-14(2)20-23(34)19(26(30)37)24(35)29(38)25(36)21-22(33)18-16(12-27(21,3)13-28(20,29)4)15(9-10-17(18)32)8-7-11-31(5)6/h9-10,14,19-21,23,25,32,34,36,38H,7-8,11-13H2,1-6H3,(H2,30,37)/t19-,20+,21-,23?,25?,27-,28-,29+/m1/s1. The Morgan fingerprint density at radius 3 is 2.37 bits per heavy atom. The second kappa shape index (κ2) is 9.40. The monoisotopic (exact) mass is 530 g/mol. The van der Waals surface area contributed by atoms with Crippen LogP contribution >= 0.6 is 0 Å². The van der Waals surface area contributed by atoms with Crippen LogP contribution in [0.3, 0.4) is 0 Å². The van der Waals surface area contributed by atoms with Crippen LogP contribution in [0.4, 0.5) is 0 Å². The number of amides is 1. The third-order valence-corrected chi connectivity index (χ3v) is 9.81. The number of aromatic hydroxyl groups is 1. The van der Waals surface area contributed by atoms with Crippen LogP contribution < -0.4 is 5.73 Å². The van der Waals surface area contributed by atoms with E-state index in [1.165, 1.54) is 6.07 Å². The number of hydrogen-bond acceptors (Lipinski definition) is 8. The van der Waals surface area contributed by atoms with Crippen molar-refractivity contribution in [3.63, 3.8) is 0 Å². The zero-order chi connectivity index (χ0) is 28.5. The van der Waals surface area contributed by atoms with E-state index in [9.17, 15) is 34.8 Å². The molecule has 0 radical (unpaired) electrons. The van der Waals surface area contributed by atoms with Crippen LogP contribution in [0.5, 0.6) is 5.75 Å². The maximum Gasteiger partial charge on any atom is 0.230 e. The number of carbonyl (C=O) groups excluding carboxylic acids is 3. The molecule has 0 saturated heterocycles. The summed E-state index contributed by atoms with van der Waals surface area (Å²) in [6, 6.07) is 3.32. The van der Waals surface area contributed by atoms with Gasteiger partial charge < -0.3 is 31.1 Å². The molecule has 2 unspecified atom stereocenters. The molecule has 0 aliphatic heterocycles. The fourth-order valence-electron chi connectivity index (χ4n) is 8.41. The first-order valence-electron chi connectivity index (χ1n) is 13.5. The minimum atomic E-state index is -2.49. The Hall–Kier alpha value is -2.33. The molecule has 38 heavy (non-hydrogen) atoms. The van der Waals surface area contributed by atoms with E-state index in [-0.39, 0.29) is 23.7 Å². The van der Waals surface area contributed by atoms with Crippen LogP contribution in [0.2, 0.25) is 0 Å². The summed E-state index contributed by atoms with van der Waals surface area (Å²) in [5, 5.41) is 45.9. The SMILES string of the molecule is CC(C)[C@H]1C(O)[C@@H](C(N)=O)C(=O)[C@]2(O)C(O)[C@H]3C(=O)c4c(O)ccc(CCCN(C)C)c4C[C@]3(C)C[C@]12C. The van der Waals surface area contributed by atoms with Gasteiger partial charge in [-0.1, -0.05) is 33.8 Å². The number of Topliss-reactive ketones (excluding diaryl/α,β-unsaturated/α-hetero) is 2. The molecular weight excluding hydrogens is 488 g/mol. The Kier molecular flexibility index (Phi) is 7.09. The second-order valence-electron chi connectivity index (χ2n) is 13.0. The number of nitrogens with zero attached hydrogens (tertiary/aromatic N) is 1. The van der Waals surface area contributed by atoms with E-state index in [4.69, 9.17) is 5.73 Å². The topological polar surface area (TPSA) is 161 Å². The first-order valence-corrected chi connectivity index (χ1v) is 13.5. The molecule has 9 nitrogen and oxygen atoms in total. The third kappa shape index (κ3) is 3.85. The number of aryl methyl sites for hydroxylation is 1. The molecule has 1 aromatic rings. The Balaban J connectivity index is 1.88. The predicted molar refractivity (Wildman–Crippen MR) is 140 cm³/mol. The summed E-state index contributed by atoms with van der Waals surface area (Å²) in [4.78, 5) is 42.1. The van der Waals surface area contributed by atoms with Crippen LogP contribution in [0, 0.1) is 34.5 Å². The molecule has 2 fully saturated rings. The van der Waals surface area contributed by atoms with Crippen molar-refractivity contribution in [3.05, 3.63) is 28.8 Å². The van der Waals surface area contributed by atoms with Gasteiger partial charge in [0.05, 0.1) is 17.6 Å². The van der Waals surface area contributed by atoms with Gasteiger partial charge in [-0.25, -0.2) is 0 Å². The summed E-state index contributed by atoms with van der Waals surface area (Å²) >= 11 is 0. The van der Waals surface area contributed by atoms with Gasteiger partial charge in [0.2, 0.25) is 5.91 Å². The zero-order valence-corrected chi connectivity index (χ0v) is 23.2. The van der Waals surface area contributed by atoms with Gasteiger partial charge in [-0.05, 0) is 80.8 Å². The lowest BCUT2D eigenvalue weighted by Gasteiger charge is -2.66. The van der Waals surface area contributed by atoms with E-state index in [1.54, 1.807) is 6.92 Å². The third-order valence-electron chi connectivity index (χ3n) is 9.81. The number of aliphatic hydroxyl groups excluding tert-OH is 2. The minimum absolute atomic E-state index is 0.122. The number of primary amides is 1. The molecule has 0 aromatic heterocycles. The molecule has 6 N–H and O–H groups in total. The normalized spacial score (nSPS) is 38.7. The van der Waals surface area contributed by atoms with Gasteiger partial charge in [-0.3, -0.25) is 14.4 Å². The molecule has 3 aliphatic rings. The lowest BCUT2D eigenvalue weighted by atomic mass is 9.39. The fourth-order valence-corrected chi connectivity index (χ4v) is 8.41. The quantitative estimate of drug-likeness (QED) is 0.341. The number of benzene rings is 1. The van der Waals surface area contributed by atoms with Crippen LogP contribution in [0.15, 0.2) is 12.1 Å². The maximum absolute atomic E-state index is 14.1. The van der Waals surface area contributed by atoms with Crippen molar-refractivity contribution in [2.75, 3.05) is 20.6 Å². The van der Waals surface area contributed by atoms with E-state index in [1.807, 2.05) is 40.9 Å². The van der Waals surface area contributed by atoms with Gasteiger partial charge in [-0.15, -0.1) is 0 Å². The summed E-state index contributed by atoms with van der Waals surface area (Å²) in [6.45, 7) is 8.05. The molecular formula is C29H42N2O7. The number of nitrogens with two attached hydrogens (primary N) is 1. The number of aliphatic hydroxyl groups is 3. The van der Waals surface area contributed by atoms with Crippen molar-refractivity contribution >= 4 is 17.5 Å². The summed E-state index contributed by atoms with van der Waals surface area (Å²) in [5.74, 6) is -6.79. The van der Waals surface area contributed by atoms with Crippen LogP contribution in [-0.4, -0.2) is 81.2 Å². The number of ketones is 2. The van der Waals surface area contributed by atoms with Crippen molar-refractivity contribution < 1.29 is 34.8 Å². The van der Waals surface area contributed by atoms with E-state index in [0.717, 1.165) is 24.1 Å². The highest BCUT2D eigenvalue weighted by atomic mass is 16.4. The first-order chi connectivity index (χ1) is 17.5. The molecule has 0 spiro atoms. The Morgan fingerprint density at radius 2 is 1.82 bits per heavy atom. The van der Waals surface area contributed by atoms with Gasteiger partial charge >= 0.3 is 0 Å². The Labute approximate surface area is 224 Å². The molecule has 9 heteroatoms. The van der Waals surface area contributed by atoms with E-state index in [2.05, 4.69) is 4.90 Å². The second-order valence-corrected chi connectivity index (χ2v) is 13.0. The number of phenols is 1. The van der Waals surface area contributed by atoms with E-state index >= 15 is 0 Å². The largest absolute Gasteiger partial charge is 0.507 e. The summed E-state index contributed by atoms with van der Waals surface area (Å²) < 4.78 is 0. The molecule has 3 aliphatic carbocycles. The van der Waals surface area contributed by atoms with E-state index < -0.39 is 63.9 Å². The highest BCUT2D eigenvalue weighted by Gasteiger charge is 2.75. The average Bonchev–Trinajstić information content (AvgIpc) is 2.77. The predicted octanol–water partition coefficient (Wildman–Crippen LogP) is 1.07. The van der Waals surface area contributed by atoms with Crippen molar-refractivity contribution in [1.29, 1.82) is 0 Å². The van der Waals surface area contributed by atoms with Gasteiger partial charge in [0.25, 0.3) is 0 Å². The first kappa shape index (κ1) is 28.7. The molecule has 4 rings (SSSR count). The summed E-state index contributed by atoms with van der Waals surface area (Å²) in [5.41, 5.74) is 2.57. The summed E-state index contributed by atoms with van der Waals surface area (Å²) in [7, 11) is 3.97. The highest BCUT2D eigenvalue weighted by Crippen LogP contribution is 2.65. The Bertz CT molecular complexity index is 1170. The smallest absolute Gasteiger partial charge is 0.230 e. The van der Waals surface area contributed by atoms with Crippen LogP contribution in [-0.2, 0) is 22.4 Å². The van der Waals surface area contributed by atoms with Crippen molar-refractivity contribution in [2.24, 2.45) is 40.2 Å². The van der Waals surface area contributed by atoms with Crippen molar-refractivity contribution in [3.8, 4) is 5.75 Å². The Morgan fingerprint density at radius 1 is 1.18 bits per heavy atom. The number of carbonyl (C=O) groups is 3. The molecule has 0 bridgehead atoms. The fraction of sp³-hybridized carbons (Fsp3) is 0.690. The molecule has 1 aromatic carbocycles. The number of hydrogen-bond donors (Lipinski definition) is 5. The molecule has 8 atom stereocenters. The molecule has 1 amide bonds. The van der Waals surface area contributed by atoms with Crippen LogP contribution in [0.1, 0.15) is 62.0 Å². The number of phenolic OH excluding ortho intramolecular Hbond substituents is 1. The van der Waals surface area contributed by atoms with Gasteiger partial charge in [-0.2, -0.15) is 0 Å². The minimum Gasteiger partial charge on any atom is -0.507 e. The lowest BCUT2D eigenvalue weighted by molar-refractivity contribution is -0.265. The zero-order valence-electron chi connectivity index (χ0n) is 23.2. The van der Waals surface area contributed by atoms with Gasteiger partial charge in [0.1, 0.15) is 17.8 Å². The number of rotatable bonds is 6. The lowest BCUT2D eigenvalue weighted by Crippen LogP contribution is -2.79. The van der Waals surface area contributed by atoms with Crippen molar-refractivity contribution in [2.45, 2.75) is 71.2 Å². The average molecular weight is 531 g/mol. The van der Waals surface area contributed by atoms with E-state index in [0.29, 0.717) is 12.8 Å². The number of fused-ring (bicyclic) bond motifs is 3. The van der Waals surface area contributed by atoms with Gasteiger partial charge in [0.15, 0.2) is 17.2 Å². The molecule has 2 saturated carbocycles. The summed E-state index contributed by atoms with van der Waals surface area (Å²) in [6.07, 6.45) is -1.25. The maximum atomic E-state index is 14.1.